The molecule has 0 atom stereocenters. The molecule has 0 spiro atoms. The van der Waals surface area contributed by atoms with Crippen LogP contribution in [0.3, 0.4) is 0 Å². The Morgan fingerprint density at radius 1 is 1.37 bits per heavy atom. The van der Waals surface area contributed by atoms with Crippen molar-refractivity contribution >= 4 is 5.91 Å². The molecule has 0 aliphatic heterocycles. The minimum atomic E-state index is -0.191. The minimum Gasteiger partial charge on any atom is -0.508 e. The Morgan fingerprint density at radius 2 is 2.05 bits per heavy atom. The van der Waals surface area contributed by atoms with Gasteiger partial charge in [0.05, 0.1) is 12.7 Å². The summed E-state index contributed by atoms with van der Waals surface area (Å²) in [6.07, 6.45) is 0. The number of hydrogen-bond acceptors (Lipinski definition) is 4. The third kappa shape index (κ3) is 4.44. The number of hydrogen-bond donors (Lipinski definition) is 2. The number of nitrogens with zero attached hydrogens (tertiary/aromatic N) is 1. The number of phenolic OH excluding ortho intramolecular Hbond substituents is 1. The van der Waals surface area contributed by atoms with E-state index in [1.165, 1.54) is 19.2 Å². The quantitative estimate of drug-likeness (QED) is 0.784. The largest absolute Gasteiger partial charge is 0.508 e. The van der Waals surface area contributed by atoms with Crippen LogP contribution in [0.1, 0.15) is 24.2 Å². The van der Waals surface area contributed by atoms with Crippen LogP contribution in [0.2, 0.25) is 0 Å². The van der Waals surface area contributed by atoms with Gasteiger partial charge in [0, 0.05) is 19.2 Å². The molecule has 1 aromatic rings. The van der Waals surface area contributed by atoms with E-state index in [-0.39, 0.29) is 11.7 Å². The lowest BCUT2D eigenvalue weighted by molar-refractivity contribution is 0.0946. The van der Waals surface area contributed by atoms with Crippen LogP contribution in [0.5, 0.6) is 11.5 Å². The van der Waals surface area contributed by atoms with Crippen molar-refractivity contribution in [2.45, 2.75) is 13.8 Å². The first kappa shape index (κ1) is 15.3. The molecule has 5 nitrogen and oxygen atoms in total. The van der Waals surface area contributed by atoms with E-state index in [9.17, 15) is 9.90 Å². The summed E-state index contributed by atoms with van der Waals surface area (Å²) in [5.74, 6) is 0.265. The number of likely N-dealkylation sites (N-methyl/N-ethyl adjacent to an activating group) is 1. The van der Waals surface area contributed by atoms with Gasteiger partial charge in [0.2, 0.25) is 0 Å². The summed E-state index contributed by atoms with van der Waals surface area (Å²) in [5.41, 5.74) is 0.430. The molecule has 2 N–H and O–H groups in total. The molecule has 0 saturated carbocycles. The number of carbonyl (C=O) groups is 1. The zero-order valence-corrected chi connectivity index (χ0v) is 11.8. The first-order chi connectivity index (χ1) is 9.12. The summed E-state index contributed by atoms with van der Waals surface area (Å²) in [7, 11) is 1.47. The SMILES string of the molecule is CCN(CC)CCNC(=O)c1ccc(O)cc1OC. The molecule has 0 unspecified atom stereocenters. The molecule has 0 aliphatic rings. The van der Waals surface area contributed by atoms with Gasteiger partial charge in [-0.1, -0.05) is 13.8 Å². The van der Waals surface area contributed by atoms with Crippen LogP contribution in [0.15, 0.2) is 18.2 Å². The van der Waals surface area contributed by atoms with Gasteiger partial charge in [0.15, 0.2) is 0 Å². The molecule has 106 valence electrons. The number of methoxy groups -OCH3 is 1. The van der Waals surface area contributed by atoms with Gasteiger partial charge in [0.1, 0.15) is 11.5 Å². The second kappa shape index (κ2) is 7.63. The van der Waals surface area contributed by atoms with Crippen molar-refractivity contribution in [3.8, 4) is 11.5 Å². The normalized spacial score (nSPS) is 10.5. The van der Waals surface area contributed by atoms with E-state index in [1.807, 2.05) is 0 Å². The second-order valence-corrected chi connectivity index (χ2v) is 4.17. The Hall–Kier alpha value is -1.75. The summed E-state index contributed by atoms with van der Waals surface area (Å²) in [4.78, 5) is 14.2. The van der Waals surface area contributed by atoms with Crippen LogP contribution < -0.4 is 10.1 Å². The van der Waals surface area contributed by atoms with E-state index >= 15 is 0 Å². The number of nitrogens with one attached hydrogen (secondary N) is 1. The molecule has 0 fully saturated rings. The van der Waals surface area contributed by atoms with Gasteiger partial charge < -0.3 is 20.1 Å². The molecule has 0 aromatic heterocycles. The monoisotopic (exact) mass is 266 g/mol. The van der Waals surface area contributed by atoms with Crippen molar-refractivity contribution in [3.63, 3.8) is 0 Å². The van der Waals surface area contributed by atoms with E-state index < -0.39 is 0 Å². The lowest BCUT2D eigenvalue weighted by Gasteiger charge is -2.18. The number of rotatable bonds is 7. The first-order valence-electron chi connectivity index (χ1n) is 6.49. The summed E-state index contributed by atoms with van der Waals surface area (Å²) < 4.78 is 5.09. The van der Waals surface area contributed by atoms with Gasteiger partial charge in [-0.25, -0.2) is 0 Å². The predicted octanol–water partition coefficient (Wildman–Crippen LogP) is 1.47. The molecule has 0 saturated heterocycles. The Kier molecular flexibility index (Phi) is 6.15. The zero-order valence-electron chi connectivity index (χ0n) is 11.8. The fourth-order valence-corrected chi connectivity index (χ4v) is 1.83. The fourth-order valence-electron chi connectivity index (χ4n) is 1.83. The van der Waals surface area contributed by atoms with Crippen LogP contribution in [-0.4, -0.2) is 49.2 Å². The van der Waals surface area contributed by atoms with E-state index in [0.29, 0.717) is 17.9 Å². The minimum absolute atomic E-state index is 0.0801. The van der Waals surface area contributed by atoms with Crippen LogP contribution in [0, 0.1) is 0 Å². The standard InChI is InChI=1S/C14H22N2O3/c1-4-16(5-2)9-8-15-14(18)12-7-6-11(17)10-13(12)19-3/h6-7,10,17H,4-5,8-9H2,1-3H3,(H,15,18). The van der Waals surface area contributed by atoms with E-state index in [1.54, 1.807) is 6.07 Å². The topological polar surface area (TPSA) is 61.8 Å². The highest BCUT2D eigenvalue weighted by Crippen LogP contribution is 2.23. The molecular weight excluding hydrogens is 244 g/mol. The predicted molar refractivity (Wildman–Crippen MR) is 74.8 cm³/mol. The van der Waals surface area contributed by atoms with Gasteiger partial charge in [-0.05, 0) is 25.2 Å². The van der Waals surface area contributed by atoms with Crippen LogP contribution in [-0.2, 0) is 0 Å². The van der Waals surface area contributed by atoms with Crippen molar-refractivity contribution in [3.05, 3.63) is 23.8 Å². The molecule has 19 heavy (non-hydrogen) atoms. The van der Waals surface area contributed by atoms with Gasteiger partial charge in [0.25, 0.3) is 5.91 Å². The van der Waals surface area contributed by atoms with Crippen molar-refractivity contribution in [2.75, 3.05) is 33.3 Å². The highest BCUT2D eigenvalue weighted by atomic mass is 16.5. The average Bonchev–Trinajstić information content (AvgIpc) is 2.43. The van der Waals surface area contributed by atoms with Crippen LogP contribution >= 0.6 is 0 Å². The van der Waals surface area contributed by atoms with Crippen molar-refractivity contribution < 1.29 is 14.6 Å². The average molecular weight is 266 g/mol. The highest BCUT2D eigenvalue weighted by Gasteiger charge is 2.12. The van der Waals surface area contributed by atoms with E-state index in [2.05, 4.69) is 24.1 Å². The van der Waals surface area contributed by atoms with Gasteiger partial charge >= 0.3 is 0 Å². The molecule has 0 heterocycles. The number of aromatic hydroxyl groups is 1. The molecular formula is C14H22N2O3. The molecule has 5 heteroatoms. The lowest BCUT2D eigenvalue weighted by atomic mass is 10.2. The molecule has 0 radical (unpaired) electrons. The number of ether oxygens (including phenoxy) is 1. The first-order valence-corrected chi connectivity index (χ1v) is 6.49. The number of phenols is 1. The van der Waals surface area contributed by atoms with Gasteiger partial charge in [-0.15, -0.1) is 0 Å². The Labute approximate surface area is 114 Å². The van der Waals surface area contributed by atoms with E-state index in [0.717, 1.165) is 19.6 Å². The molecule has 0 aliphatic carbocycles. The summed E-state index contributed by atoms with van der Waals surface area (Å²) >= 11 is 0. The molecule has 1 rings (SSSR count). The Morgan fingerprint density at radius 3 is 2.63 bits per heavy atom. The maximum Gasteiger partial charge on any atom is 0.255 e. The highest BCUT2D eigenvalue weighted by molar-refractivity contribution is 5.97. The van der Waals surface area contributed by atoms with Crippen molar-refractivity contribution in [2.24, 2.45) is 0 Å². The third-order valence-corrected chi connectivity index (χ3v) is 3.04. The molecule has 1 aromatic carbocycles. The lowest BCUT2D eigenvalue weighted by Crippen LogP contribution is -2.34. The number of benzene rings is 1. The summed E-state index contributed by atoms with van der Waals surface area (Å²) in [5, 5.41) is 12.2. The maximum absolute atomic E-state index is 12.0. The summed E-state index contributed by atoms with van der Waals surface area (Å²) in [6.45, 7) is 7.52. The Balaban J connectivity index is 2.58. The van der Waals surface area contributed by atoms with Gasteiger partial charge in [-0.3, -0.25) is 4.79 Å². The van der Waals surface area contributed by atoms with Gasteiger partial charge in [-0.2, -0.15) is 0 Å². The smallest absolute Gasteiger partial charge is 0.255 e. The van der Waals surface area contributed by atoms with E-state index in [4.69, 9.17) is 4.74 Å². The molecule has 1 amide bonds. The third-order valence-electron chi connectivity index (χ3n) is 3.04. The number of amides is 1. The van der Waals surface area contributed by atoms with Crippen molar-refractivity contribution in [1.82, 2.24) is 10.2 Å². The second-order valence-electron chi connectivity index (χ2n) is 4.17. The Bertz CT molecular complexity index is 417. The zero-order chi connectivity index (χ0) is 14.3. The van der Waals surface area contributed by atoms with Crippen LogP contribution in [0.4, 0.5) is 0 Å². The fraction of sp³-hybridized carbons (Fsp3) is 0.500. The number of carbonyl (C=O) groups excluding carboxylic acids is 1. The van der Waals surface area contributed by atoms with Crippen molar-refractivity contribution in [1.29, 1.82) is 0 Å². The molecule has 0 bridgehead atoms. The summed E-state index contributed by atoms with van der Waals surface area (Å²) in [6, 6.07) is 4.46. The maximum atomic E-state index is 12.0. The van der Waals surface area contributed by atoms with Crippen LogP contribution in [0.25, 0.3) is 0 Å².